The molecule has 0 radical (unpaired) electrons. The maximum Gasteiger partial charge on any atom is 0.304 e. The third kappa shape index (κ3) is 4.80. The van der Waals surface area contributed by atoms with Gasteiger partial charge in [-0.25, -0.2) is 0 Å². The number of benzene rings is 1. The first-order valence-electron chi connectivity index (χ1n) is 6.77. The summed E-state index contributed by atoms with van der Waals surface area (Å²) >= 11 is 0. The molecule has 6 nitrogen and oxygen atoms in total. The Hall–Kier alpha value is -1.44. The van der Waals surface area contributed by atoms with Crippen molar-refractivity contribution in [1.29, 1.82) is 0 Å². The molecule has 0 aliphatic heterocycles. The molecule has 0 fully saturated rings. The van der Waals surface area contributed by atoms with E-state index in [4.69, 9.17) is 5.11 Å². The first-order valence-corrected chi connectivity index (χ1v) is 8.17. The van der Waals surface area contributed by atoms with E-state index in [2.05, 4.69) is 0 Å². The van der Waals surface area contributed by atoms with Crippen LogP contribution in [0.5, 0.6) is 0 Å². The van der Waals surface area contributed by atoms with Gasteiger partial charge in [-0.2, -0.15) is 17.0 Å². The van der Waals surface area contributed by atoms with Gasteiger partial charge in [0.05, 0.1) is 6.42 Å². The maximum atomic E-state index is 12.5. The Bertz CT molecular complexity index is 560. The van der Waals surface area contributed by atoms with Crippen LogP contribution in [0, 0.1) is 0 Å². The number of rotatable bonds is 8. The number of hydrogen-bond donors (Lipinski definition) is 1. The summed E-state index contributed by atoms with van der Waals surface area (Å²) in [5, 5.41) is 8.83. The molecule has 21 heavy (non-hydrogen) atoms. The molecular formula is C14H22N2O4S. The first-order chi connectivity index (χ1) is 9.78. The second-order valence-corrected chi connectivity index (χ2v) is 6.89. The van der Waals surface area contributed by atoms with E-state index in [-0.39, 0.29) is 19.5 Å². The van der Waals surface area contributed by atoms with Crippen LogP contribution in [0.2, 0.25) is 0 Å². The van der Waals surface area contributed by atoms with Gasteiger partial charge < -0.3 is 5.11 Å². The Balaban J connectivity index is 2.88. The van der Waals surface area contributed by atoms with E-state index in [0.717, 1.165) is 5.56 Å². The Kier molecular flexibility index (Phi) is 6.32. The Morgan fingerprint density at radius 1 is 1.29 bits per heavy atom. The lowest BCUT2D eigenvalue weighted by Crippen LogP contribution is -2.46. The SMILES string of the molecule is CCN(C(C)CC(=O)O)S(=O)(=O)N(C)Cc1ccccc1. The molecule has 0 bridgehead atoms. The Labute approximate surface area is 126 Å². The number of nitrogens with zero attached hydrogens (tertiary/aromatic N) is 2. The van der Waals surface area contributed by atoms with Gasteiger partial charge in [-0.1, -0.05) is 37.3 Å². The molecule has 1 rings (SSSR count). The second-order valence-electron chi connectivity index (χ2n) is 4.90. The highest BCUT2D eigenvalue weighted by Crippen LogP contribution is 2.16. The average molecular weight is 314 g/mol. The fourth-order valence-corrected chi connectivity index (χ4v) is 3.68. The Morgan fingerprint density at radius 2 is 1.86 bits per heavy atom. The molecule has 1 aromatic carbocycles. The third-order valence-electron chi connectivity index (χ3n) is 3.21. The van der Waals surface area contributed by atoms with E-state index in [9.17, 15) is 13.2 Å². The fraction of sp³-hybridized carbons (Fsp3) is 0.500. The molecule has 0 heterocycles. The lowest BCUT2D eigenvalue weighted by molar-refractivity contribution is -0.137. The first kappa shape index (κ1) is 17.6. The highest BCUT2D eigenvalue weighted by molar-refractivity contribution is 7.86. The molecule has 7 heteroatoms. The third-order valence-corrected chi connectivity index (χ3v) is 5.34. The van der Waals surface area contributed by atoms with Crippen molar-refractivity contribution >= 4 is 16.2 Å². The van der Waals surface area contributed by atoms with Crippen LogP contribution in [0.4, 0.5) is 0 Å². The van der Waals surface area contributed by atoms with Crippen molar-refractivity contribution in [2.45, 2.75) is 32.9 Å². The predicted octanol–water partition coefficient (Wildman–Crippen LogP) is 1.55. The number of aliphatic carboxylic acids is 1. The van der Waals surface area contributed by atoms with Crippen LogP contribution >= 0.6 is 0 Å². The van der Waals surface area contributed by atoms with Gasteiger partial charge in [0.25, 0.3) is 10.2 Å². The van der Waals surface area contributed by atoms with E-state index in [1.807, 2.05) is 30.3 Å². The van der Waals surface area contributed by atoms with Crippen molar-refractivity contribution in [3.63, 3.8) is 0 Å². The summed E-state index contributed by atoms with van der Waals surface area (Å²) < 4.78 is 27.5. The molecule has 0 aliphatic carbocycles. The van der Waals surface area contributed by atoms with Crippen molar-refractivity contribution in [2.24, 2.45) is 0 Å². The minimum Gasteiger partial charge on any atom is -0.481 e. The van der Waals surface area contributed by atoms with Gasteiger partial charge in [-0.05, 0) is 12.5 Å². The zero-order chi connectivity index (χ0) is 16.0. The van der Waals surface area contributed by atoms with Gasteiger partial charge in [0.15, 0.2) is 0 Å². The molecule has 118 valence electrons. The summed E-state index contributed by atoms with van der Waals surface area (Å²) in [5.41, 5.74) is 0.880. The molecule has 1 unspecified atom stereocenters. The lowest BCUT2D eigenvalue weighted by Gasteiger charge is -2.30. The van der Waals surface area contributed by atoms with Crippen LogP contribution in [-0.4, -0.2) is 47.7 Å². The summed E-state index contributed by atoms with van der Waals surface area (Å²) in [6.07, 6.45) is -0.216. The average Bonchev–Trinajstić information content (AvgIpc) is 2.39. The van der Waals surface area contributed by atoms with Crippen molar-refractivity contribution in [3.8, 4) is 0 Å². The zero-order valence-electron chi connectivity index (χ0n) is 12.6. The fourth-order valence-electron chi connectivity index (χ4n) is 2.16. The monoisotopic (exact) mass is 314 g/mol. The summed E-state index contributed by atoms with van der Waals surface area (Å²) in [4.78, 5) is 10.8. The molecule has 0 spiro atoms. The maximum absolute atomic E-state index is 12.5. The van der Waals surface area contributed by atoms with Gasteiger partial charge in [0.1, 0.15) is 0 Å². The summed E-state index contributed by atoms with van der Waals surface area (Å²) in [6, 6.07) is 8.67. The number of carbonyl (C=O) groups is 1. The molecule has 0 amide bonds. The van der Waals surface area contributed by atoms with Crippen molar-refractivity contribution < 1.29 is 18.3 Å². The number of carboxylic acid groups (broad SMARTS) is 1. The van der Waals surface area contributed by atoms with E-state index < -0.39 is 22.2 Å². The largest absolute Gasteiger partial charge is 0.481 e. The van der Waals surface area contributed by atoms with Gasteiger partial charge in [-0.3, -0.25) is 4.79 Å². The van der Waals surface area contributed by atoms with Gasteiger partial charge in [-0.15, -0.1) is 0 Å². The normalized spacial score (nSPS) is 13.6. The van der Waals surface area contributed by atoms with Crippen LogP contribution in [0.15, 0.2) is 30.3 Å². The molecule has 0 saturated carbocycles. The Morgan fingerprint density at radius 3 is 2.33 bits per heavy atom. The highest BCUT2D eigenvalue weighted by atomic mass is 32.2. The zero-order valence-corrected chi connectivity index (χ0v) is 13.4. The molecule has 0 aliphatic rings. The molecular weight excluding hydrogens is 292 g/mol. The van der Waals surface area contributed by atoms with Gasteiger partial charge in [0, 0.05) is 26.2 Å². The van der Waals surface area contributed by atoms with E-state index in [1.165, 1.54) is 15.7 Å². The smallest absolute Gasteiger partial charge is 0.304 e. The van der Waals surface area contributed by atoms with Crippen LogP contribution < -0.4 is 0 Å². The number of carboxylic acids is 1. The topological polar surface area (TPSA) is 77.9 Å². The summed E-state index contributed by atoms with van der Waals surface area (Å²) in [5.74, 6) is -1.01. The van der Waals surface area contributed by atoms with E-state index >= 15 is 0 Å². The lowest BCUT2D eigenvalue weighted by atomic mass is 10.2. The van der Waals surface area contributed by atoms with E-state index in [1.54, 1.807) is 13.8 Å². The molecule has 0 saturated heterocycles. The minimum absolute atomic E-state index is 0.216. The second kappa shape index (κ2) is 7.53. The standard InChI is InChI=1S/C14H22N2O4S/c1-4-16(12(2)10-14(17)18)21(19,20)15(3)11-13-8-6-5-7-9-13/h5-9,12H,4,10-11H2,1-3H3,(H,17,18). The molecule has 0 aromatic heterocycles. The minimum atomic E-state index is -3.69. The van der Waals surface area contributed by atoms with E-state index in [0.29, 0.717) is 0 Å². The quantitative estimate of drug-likeness (QED) is 0.789. The van der Waals surface area contributed by atoms with Crippen LogP contribution in [0.25, 0.3) is 0 Å². The van der Waals surface area contributed by atoms with Gasteiger partial charge in [0.2, 0.25) is 0 Å². The summed E-state index contributed by atoms with van der Waals surface area (Å²) in [6.45, 7) is 3.78. The molecule has 1 aromatic rings. The predicted molar refractivity (Wildman–Crippen MR) is 80.9 cm³/mol. The summed E-state index contributed by atoms with van der Waals surface area (Å²) in [7, 11) is -2.19. The van der Waals surface area contributed by atoms with Gasteiger partial charge >= 0.3 is 5.97 Å². The van der Waals surface area contributed by atoms with Crippen molar-refractivity contribution in [3.05, 3.63) is 35.9 Å². The van der Waals surface area contributed by atoms with Crippen LogP contribution in [0.1, 0.15) is 25.8 Å². The van der Waals surface area contributed by atoms with Crippen LogP contribution in [0.3, 0.4) is 0 Å². The molecule has 1 atom stereocenters. The number of hydrogen-bond acceptors (Lipinski definition) is 3. The van der Waals surface area contributed by atoms with Crippen molar-refractivity contribution in [2.75, 3.05) is 13.6 Å². The van der Waals surface area contributed by atoms with Crippen molar-refractivity contribution in [1.82, 2.24) is 8.61 Å². The molecule has 1 N–H and O–H groups in total. The highest BCUT2D eigenvalue weighted by Gasteiger charge is 2.30. The van der Waals surface area contributed by atoms with Crippen LogP contribution in [-0.2, 0) is 21.5 Å².